The maximum atomic E-state index is 13.7. The molecule has 1 aromatic carbocycles. The molecule has 1 N–H and O–H groups in total. The zero-order valence-electron chi connectivity index (χ0n) is 24.1. The fourth-order valence-electron chi connectivity index (χ4n) is 5.76. The van der Waals surface area contributed by atoms with Crippen molar-refractivity contribution in [3.8, 4) is 0 Å². The topological polar surface area (TPSA) is 126 Å². The van der Waals surface area contributed by atoms with E-state index in [0.29, 0.717) is 75.1 Å². The molecule has 41 heavy (non-hydrogen) atoms. The van der Waals surface area contributed by atoms with E-state index < -0.39 is 12.1 Å². The largest absolute Gasteiger partial charge is 0.435 e. The number of benzene rings is 1. The molecular formula is C30H39N7O4. The van der Waals surface area contributed by atoms with Crippen molar-refractivity contribution in [3.63, 3.8) is 0 Å². The Kier molecular flexibility index (Phi) is 8.80. The van der Waals surface area contributed by atoms with Gasteiger partial charge in [0.1, 0.15) is 17.7 Å². The first-order chi connectivity index (χ1) is 19.8. The summed E-state index contributed by atoms with van der Waals surface area (Å²) < 4.78 is 7.58. The molecule has 218 valence electrons. The summed E-state index contributed by atoms with van der Waals surface area (Å²) >= 11 is 0. The molecule has 0 aliphatic carbocycles. The minimum atomic E-state index is -0.531. The van der Waals surface area contributed by atoms with Crippen LogP contribution < -0.4 is 5.32 Å². The Hall–Kier alpha value is -4.02. The van der Waals surface area contributed by atoms with Crippen LogP contribution in [0.1, 0.15) is 84.4 Å². The lowest BCUT2D eigenvalue weighted by Crippen LogP contribution is -2.53. The smallest absolute Gasteiger partial charge is 0.291 e. The van der Waals surface area contributed by atoms with Gasteiger partial charge in [-0.25, -0.2) is 14.6 Å². The summed E-state index contributed by atoms with van der Waals surface area (Å²) in [5, 5.41) is 7.87. The molecule has 1 fully saturated rings. The summed E-state index contributed by atoms with van der Waals surface area (Å²) in [6.07, 6.45) is 4.22. The molecule has 5 rings (SSSR count). The molecule has 2 aliphatic rings. The Bertz CT molecular complexity index is 1380. The molecule has 0 spiro atoms. The number of nitrogens with one attached hydrogen (secondary N) is 1. The van der Waals surface area contributed by atoms with Gasteiger partial charge in [0, 0.05) is 32.5 Å². The Morgan fingerprint density at radius 3 is 2.59 bits per heavy atom. The number of oxazole rings is 1. The first-order valence-electron chi connectivity index (χ1n) is 14.6. The van der Waals surface area contributed by atoms with Gasteiger partial charge in [-0.2, -0.15) is 5.10 Å². The van der Waals surface area contributed by atoms with Gasteiger partial charge in [0.2, 0.25) is 17.6 Å². The molecule has 2 aliphatic heterocycles. The van der Waals surface area contributed by atoms with Crippen LogP contribution in [0, 0.1) is 13.8 Å². The van der Waals surface area contributed by atoms with Crippen LogP contribution in [0.25, 0.3) is 0 Å². The fraction of sp³-hybridized carbons (Fsp3) is 0.533. The van der Waals surface area contributed by atoms with Gasteiger partial charge in [0.15, 0.2) is 5.89 Å². The third-order valence-corrected chi connectivity index (χ3v) is 7.87. The minimum Gasteiger partial charge on any atom is -0.435 e. The highest BCUT2D eigenvalue weighted by Gasteiger charge is 2.35. The lowest BCUT2D eigenvalue weighted by Gasteiger charge is -2.36. The highest BCUT2D eigenvalue weighted by atomic mass is 16.4. The summed E-state index contributed by atoms with van der Waals surface area (Å²) in [6, 6.07) is 8.95. The monoisotopic (exact) mass is 561 g/mol. The van der Waals surface area contributed by atoms with E-state index in [-0.39, 0.29) is 29.9 Å². The van der Waals surface area contributed by atoms with E-state index in [4.69, 9.17) is 9.40 Å². The van der Waals surface area contributed by atoms with Crippen molar-refractivity contribution in [2.75, 3.05) is 19.6 Å². The summed E-state index contributed by atoms with van der Waals surface area (Å²) in [5.74, 6) is 1.49. The number of rotatable bonds is 4. The Labute approximate surface area is 240 Å². The van der Waals surface area contributed by atoms with Crippen LogP contribution in [-0.2, 0) is 29.0 Å². The SMILES string of the molecule is CCc1nc(C)c(C(=O)N2CCCC(=O)N3CCCC[C@H]3C(=O)N[C@H](Cc3ccccc3)c3nc(C)nn3CC2)o1. The maximum absolute atomic E-state index is 13.7. The second kappa shape index (κ2) is 12.7. The van der Waals surface area contributed by atoms with E-state index in [1.54, 1.807) is 21.4 Å². The van der Waals surface area contributed by atoms with E-state index in [2.05, 4.69) is 15.4 Å². The number of fused-ring (bicyclic) bond motifs is 2. The van der Waals surface area contributed by atoms with Crippen LogP contribution in [0.2, 0.25) is 0 Å². The van der Waals surface area contributed by atoms with Crippen molar-refractivity contribution in [1.29, 1.82) is 0 Å². The van der Waals surface area contributed by atoms with Crippen molar-refractivity contribution in [1.82, 2.24) is 34.9 Å². The van der Waals surface area contributed by atoms with E-state index in [1.165, 1.54) is 0 Å². The second-order valence-corrected chi connectivity index (χ2v) is 10.9. The van der Waals surface area contributed by atoms with Gasteiger partial charge in [0.05, 0.1) is 18.3 Å². The number of hydrogen-bond donors (Lipinski definition) is 1. The summed E-state index contributed by atoms with van der Waals surface area (Å²) in [7, 11) is 0. The number of carbonyl (C=O) groups is 3. The molecule has 0 unspecified atom stereocenters. The molecular weight excluding hydrogens is 522 g/mol. The zero-order chi connectivity index (χ0) is 28.9. The van der Waals surface area contributed by atoms with Gasteiger partial charge in [-0.15, -0.1) is 0 Å². The predicted molar refractivity (Wildman–Crippen MR) is 151 cm³/mol. The van der Waals surface area contributed by atoms with Crippen LogP contribution in [0.5, 0.6) is 0 Å². The van der Waals surface area contributed by atoms with Gasteiger partial charge < -0.3 is 19.5 Å². The van der Waals surface area contributed by atoms with Gasteiger partial charge in [0.25, 0.3) is 5.91 Å². The van der Waals surface area contributed by atoms with Crippen molar-refractivity contribution in [2.45, 2.75) is 84.3 Å². The molecule has 3 aromatic rings. The van der Waals surface area contributed by atoms with Gasteiger partial charge >= 0.3 is 0 Å². The number of carbonyl (C=O) groups excluding carboxylic acids is 3. The lowest BCUT2D eigenvalue weighted by atomic mass is 9.99. The standard InChI is InChI=1S/C30H39N7O4/c1-4-25-31-20(2)27(41-25)30(40)35-15-10-14-26(38)36-16-9-8-13-24(36)29(39)33-23(19-22-11-6-5-7-12-22)28-32-21(3)34-37(28)18-17-35/h5-7,11-12,23-24H,4,8-10,13-19H2,1-3H3,(H,33,39)/t23-,24+/m1/s1. The van der Waals surface area contributed by atoms with Crippen molar-refractivity contribution in [3.05, 3.63) is 64.9 Å². The van der Waals surface area contributed by atoms with Crippen molar-refractivity contribution >= 4 is 17.7 Å². The van der Waals surface area contributed by atoms with Gasteiger partial charge in [-0.05, 0) is 51.5 Å². The average molecular weight is 562 g/mol. The maximum Gasteiger partial charge on any atom is 0.291 e. The Balaban J connectivity index is 1.50. The first kappa shape index (κ1) is 28.5. The number of aryl methyl sites for hydroxylation is 3. The normalized spacial score (nSPS) is 20.7. The summed E-state index contributed by atoms with van der Waals surface area (Å²) in [5.41, 5.74) is 1.61. The first-order valence-corrected chi connectivity index (χ1v) is 14.6. The molecule has 11 nitrogen and oxygen atoms in total. The number of piperidine rings is 1. The lowest BCUT2D eigenvalue weighted by molar-refractivity contribution is -0.142. The van der Waals surface area contributed by atoms with Crippen molar-refractivity contribution < 1.29 is 18.8 Å². The van der Waals surface area contributed by atoms with Crippen LogP contribution in [0.3, 0.4) is 0 Å². The highest BCUT2D eigenvalue weighted by molar-refractivity contribution is 5.92. The van der Waals surface area contributed by atoms with E-state index >= 15 is 0 Å². The number of hydrogen-bond acceptors (Lipinski definition) is 7. The summed E-state index contributed by atoms with van der Waals surface area (Å²) in [4.78, 5) is 53.3. The predicted octanol–water partition coefficient (Wildman–Crippen LogP) is 3.16. The molecule has 0 saturated carbocycles. The number of nitrogens with zero attached hydrogens (tertiary/aromatic N) is 6. The highest BCUT2D eigenvalue weighted by Crippen LogP contribution is 2.23. The van der Waals surface area contributed by atoms with Gasteiger partial charge in [-0.1, -0.05) is 37.3 Å². The second-order valence-electron chi connectivity index (χ2n) is 10.9. The Morgan fingerprint density at radius 1 is 1.02 bits per heavy atom. The van der Waals surface area contributed by atoms with Gasteiger partial charge in [-0.3, -0.25) is 14.4 Å². The molecule has 3 amide bonds. The summed E-state index contributed by atoms with van der Waals surface area (Å²) in [6.45, 7) is 7.16. The molecule has 4 heterocycles. The minimum absolute atomic E-state index is 0.0583. The van der Waals surface area contributed by atoms with Crippen LogP contribution >= 0.6 is 0 Å². The molecule has 2 atom stereocenters. The molecule has 2 aromatic heterocycles. The zero-order valence-corrected chi connectivity index (χ0v) is 24.1. The Morgan fingerprint density at radius 2 is 1.83 bits per heavy atom. The third-order valence-electron chi connectivity index (χ3n) is 7.87. The van der Waals surface area contributed by atoms with E-state index in [0.717, 1.165) is 18.4 Å². The van der Waals surface area contributed by atoms with Crippen LogP contribution in [0.4, 0.5) is 0 Å². The van der Waals surface area contributed by atoms with E-state index in [1.807, 2.05) is 44.2 Å². The molecule has 0 radical (unpaired) electrons. The van der Waals surface area contributed by atoms with Crippen LogP contribution in [-0.4, -0.2) is 72.9 Å². The number of amides is 3. The molecule has 11 heteroatoms. The van der Waals surface area contributed by atoms with Crippen LogP contribution in [0.15, 0.2) is 34.7 Å². The van der Waals surface area contributed by atoms with E-state index in [9.17, 15) is 14.4 Å². The average Bonchev–Trinajstić information content (AvgIpc) is 3.55. The molecule has 1 saturated heterocycles. The quantitative estimate of drug-likeness (QED) is 0.519. The van der Waals surface area contributed by atoms with Crippen molar-refractivity contribution in [2.24, 2.45) is 0 Å². The number of aromatic nitrogens is 4. The fourth-order valence-corrected chi connectivity index (χ4v) is 5.76. The third kappa shape index (κ3) is 6.49. The molecule has 0 bridgehead atoms.